The van der Waals surface area contributed by atoms with E-state index in [1.165, 1.54) is 49.4 Å². The molecule has 6 nitrogen and oxygen atoms in total. The molecule has 3 aromatic rings. The van der Waals surface area contributed by atoms with Crippen molar-refractivity contribution in [3.63, 3.8) is 0 Å². The van der Waals surface area contributed by atoms with Crippen LogP contribution in [0, 0.1) is 17.5 Å². The third kappa shape index (κ3) is 6.24. The summed E-state index contributed by atoms with van der Waals surface area (Å²) in [5, 5.41) is 0.300. The average Bonchev–Trinajstić information content (AvgIpc) is 2.83. The van der Waals surface area contributed by atoms with E-state index in [4.69, 9.17) is 11.6 Å². The molecular weight excluding hydrogens is 549 g/mol. The molecule has 1 aliphatic rings. The fourth-order valence-corrected chi connectivity index (χ4v) is 7.40. The first kappa shape index (κ1) is 27.7. The smallest absolute Gasteiger partial charge is 0.264 e. The van der Waals surface area contributed by atoms with Crippen LogP contribution in [0.5, 0.6) is 0 Å². The van der Waals surface area contributed by atoms with Crippen LogP contribution in [-0.4, -0.2) is 47.0 Å². The zero-order valence-electron chi connectivity index (χ0n) is 19.8. The summed E-state index contributed by atoms with van der Waals surface area (Å²) >= 11 is 5.92. The summed E-state index contributed by atoms with van der Waals surface area (Å²) in [6, 6.07) is 10.6. The Morgan fingerprint density at radius 1 is 0.973 bits per heavy atom. The summed E-state index contributed by atoms with van der Waals surface area (Å²) < 4.78 is 91.8. The first-order chi connectivity index (χ1) is 17.4. The van der Waals surface area contributed by atoms with Crippen molar-refractivity contribution in [3.8, 4) is 0 Å². The largest absolute Gasteiger partial charge is 0.299 e. The Labute approximate surface area is 220 Å². The van der Waals surface area contributed by atoms with Crippen LogP contribution in [0.2, 0.25) is 5.02 Å². The lowest BCUT2D eigenvalue weighted by molar-refractivity contribution is 0.276. The first-order valence-electron chi connectivity index (χ1n) is 11.4. The van der Waals surface area contributed by atoms with Gasteiger partial charge in [0.1, 0.15) is 17.5 Å². The molecule has 0 amide bonds. The maximum atomic E-state index is 15.0. The average molecular weight is 575 g/mol. The number of benzene rings is 3. The minimum absolute atomic E-state index is 0.179. The SMILES string of the molecule is C[C@H](c1ccc(F)cc1CN1CCS(O)(O)CC1)N(c1cc(F)ccc1F)S(=O)(=O)c1ccc(Cl)cc1. The fourth-order valence-electron chi connectivity index (χ4n) is 4.33. The fraction of sp³-hybridized carbons (Fsp3) is 0.280. The second kappa shape index (κ2) is 10.8. The molecule has 0 spiro atoms. The molecule has 0 bridgehead atoms. The van der Waals surface area contributed by atoms with Crippen molar-refractivity contribution in [1.82, 2.24) is 4.90 Å². The lowest BCUT2D eigenvalue weighted by atomic mass is 10.00. The summed E-state index contributed by atoms with van der Waals surface area (Å²) in [4.78, 5) is 1.72. The molecule has 0 saturated carbocycles. The van der Waals surface area contributed by atoms with Crippen LogP contribution >= 0.6 is 22.2 Å². The highest BCUT2D eigenvalue weighted by atomic mass is 35.5. The van der Waals surface area contributed by atoms with Gasteiger partial charge in [0, 0.05) is 30.7 Å². The summed E-state index contributed by atoms with van der Waals surface area (Å²) in [5.74, 6) is -1.96. The number of sulfonamides is 1. The first-order valence-corrected chi connectivity index (χ1v) is 15.1. The Hall–Kier alpha value is -2.28. The van der Waals surface area contributed by atoms with Gasteiger partial charge in [-0.15, -0.1) is 0 Å². The van der Waals surface area contributed by atoms with Gasteiger partial charge in [-0.2, -0.15) is 10.6 Å². The molecular formula is C25H26ClF3N2O4S2. The number of hydrogen-bond donors (Lipinski definition) is 2. The molecule has 37 heavy (non-hydrogen) atoms. The second-order valence-electron chi connectivity index (χ2n) is 8.86. The monoisotopic (exact) mass is 574 g/mol. The topological polar surface area (TPSA) is 81.1 Å². The van der Waals surface area contributed by atoms with E-state index in [2.05, 4.69) is 0 Å². The van der Waals surface area contributed by atoms with Crippen molar-refractivity contribution in [3.05, 3.63) is 94.3 Å². The Balaban J connectivity index is 1.80. The highest BCUT2D eigenvalue weighted by molar-refractivity contribution is 8.24. The molecule has 0 radical (unpaired) electrons. The molecule has 200 valence electrons. The van der Waals surface area contributed by atoms with Crippen molar-refractivity contribution >= 4 is 37.9 Å². The molecule has 1 aliphatic heterocycles. The highest BCUT2D eigenvalue weighted by Gasteiger charge is 2.34. The Kier molecular flexibility index (Phi) is 8.13. The molecule has 1 heterocycles. The molecule has 0 unspecified atom stereocenters. The predicted molar refractivity (Wildman–Crippen MR) is 140 cm³/mol. The quantitative estimate of drug-likeness (QED) is 0.347. The second-order valence-corrected chi connectivity index (χ2v) is 13.5. The van der Waals surface area contributed by atoms with Gasteiger partial charge in [0.2, 0.25) is 0 Å². The van der Waals surface area contributed by atoms with Gasteiger partial charge in [-0.3, -0.25) is 18.3 Å². The van der Waals surface area contributed by atoms with Crippen LogP contribution < -0.4 is 4.31 Å². The minimum Gasteiger partial charge on any atom is -0.299 e. The van der Waals surface area contributed by atoms with E-state index < -0.39 is 49.8 Å². The Morgan fingerprint density at radius 3 is 2.22 bits per heavy atom. The molecule has 0 aromatic heterocycles. The van der Waals surface area contributed by atoms with Gasteiger partial charge in [0.15, 0.2) is 0 Å². The van der Waals surface area contributed by atoms with Gasteiger partial charge in [-0.1, -0.05) is 17.7 Å². The highest BCUT2D eigenvalue weighted by Crippen LogP contribution is 2.41. The van der Waals surface area contributed by atoms with Crippen LogP contribution in [0.4, 0.5) is 18.9 Å². The van der Waals surface area contributed by atoms with Crippen molar-refractivity contribution in [1.29, 1.82) is 0 Å². The van der Waals surface area contributed by atoms with E-state index in [1.807, 2.05) is 4.90 Å². The molecule has 4 rings (SSSR count). The van der Waals surface area contributed by atoms with Gasteiger partial charge in [0.05, 0.1) is 28.1 Å². The summed E-state index contributed by atoms with van der Waals surface area (Å²) in [5.41, 5.74) is 0.336. The summed E-state index contributed by atoms with van der Waals surface area (Å²) in [7, 11) is -7.08. The van der Waals surface area contributed by atoms with E-state index in [0.29, 0.717) is 29.2 Å². The number of nitrogens with zero attached hydrogens (tertiary/aromatic N) is 2. The Morgan fingerprint density at radius 2 is 1.57 bits per heavy atom. The van der Waals surface area contributed by atoms with Crippen LogP contribution in [0.1, 0.15) is 24.1 Å². The van der Waals surface area contributed by atoms with Crippen LogP contribution in [0.15, 0.2) is 65.6 Å². The number of hydrogen-bond acceptors (Lipinski definition) is 5. The third-order valence-corrected chi connectivity index (χ3v) is 10.1. The van der Waals surface area contributed by atoms with E-state index in [-0.39, 0.29) is 22.9 Å². The zero-order valence-corrected chi connectivity index (χ0v) is 22.2. The normalized spacial score (nSPS) is 17.8. The predicted octanol–water partition coefficient (Wildman–Crippen LogP) is 6.28. The standard InChI is InChI=1S/C25H26ClF3N2O4S2/c1-17(23-8-4-20(27)14-18(23)16-30-10-12-36(32,33)13-11-30)31(25-15-21(28)5-9-24(25)29)37(34,35)22-6-2-19(26)3-7-22/h2-9,14-15,17,32-33H,10-13,16H2,1H3/t17-/m1/s1. The molecule has 2 N–H and O–H groups in total. The van der Waals surface area contributed by atoms with Gasteiger partial charge in [-0.25, -0.2) is 21.6 Å². The van der Waals surface area contributed by atoms with Crippen LogP contribution in [0.25, 0.3) is 0 Å². The van der Waals surface area contributed by atoms with E-state index >= 15 is 4.39 Å². The minimum atomic E-state index is -4.44. The van der Waals surface area contributed by atoms with Crippen molar-refractivity contribution < 1.29 is 30.7 Å². The summed E-state index contributed by atoms with van der Waals surface area (Å²) in [6.45, 7) is 2.44. The lowest BCUT2D eigenvalue weighted by Gasteiger charge is -2.41. The molecule has 1 fully saturated rings. The lowest BCUT2D eigenvalue weighted by Crippen LogP contribution is -2.39. The van der Waals surface area contributed by atoms with E-state index in [0.717, 1.165) is 22.5 Å². The van der Waals surface area contributed by atoms with E-state index in [9.17, 15) is 26.3 Å². The van der Waals surface area contributed by atoms with Crippen molar-refractivity contribution in [2.75, 3.05) is 28.9 Å². The molecule has 1 saturated heterocycles. The van der Waals surface area contributed by atoms with Crippen molar-refractivity contribution in [2.45, 2.75) is 24.4 Å². The Bertz CT molecular complexity index is 1380. The number of halogens is 4. The van der Waals surface area contributed by atoms with Crippen LogP contribution in [-0.2, 0) is 16.6 Å². The third-order valence-electron chi connectivity index (χ3n) is 6.29. The summed E-state index contributed by atoms with van der Waals surface area (Å²) in [6.07, 6.45) is 0. The molecule has 0 aliphatic carbocycles. The maximum Gasteiger partial charge on any atom is 0.264 e. The zero-order chi connectivity index (χ0) is 27.0. The molecule has 3 aromatic carbocycles. The van der Waals surface area contributed by atoms with Gasteiger partial charge in [0.25, 0.3) is 10.0 Å². The van der Waals surface area contributed by atoms with Crippen LogP contribution in [0.3, 0.4) is 0 Å². The van der Waals surface area contributed by atoms with Crippen molar-refractivity contribution in [2.24, 2.45) is 0 Å². The molecule has 1 atom stereocenters. The number of anilines is 1. The van der Waals surface area contributed by atoms with Gasteiger partial charge in [-0.05, 0) is 66.6 Å². The van der Waals surface area contributed by atoms with Gasteiger partial charge < -0.3 is 0 Å². The number of rotatable bonds is 7. The maximum absolute atomic E-state index is 15.0. The van der Waals surface area contributed by atoms with E-state index in [1.54, 1.807) is 0 Å². The molecule has 12 heteroatoms. The van der Waals surface area contributed by atoms with Gasteiger partial charge >= 0.3 is 0 Å².